The Morgan fingerprint density at radius 3 is 2.50 bits per heavy atom. The van der Waals surface area contributed by atoms with E-state index in [2.05, 4.69) is 0 Å². The molecule has 2 unspecified atom stereocenters. The molecule has 9 heteroatoms. The Morgan fingerprint density at radius 2 is 1.95 bits per heavy atom. The monoisotopic (exact) mass is 332 g/mol. The summed E-state index contributed by atoms with van der Waals surface area (Å²) in [6.45, 7) is 5.75. The van der Waals surface area contributed by atoms with Gasteiger partial charge in [-0.3, -0.25) is 0 Å². The molecule has 124 valence electrons. The molecule has 0 aromatic rings. The molecular formula is C13H22N3O5S+. The number of nitrogens with zero attached hydrogens (tertiary/aromatic N) is 3. The van der Waals surface area contributed by atoms with Crippen molar-refractivity contribution in [3.05, 3.63) is 0 Å². The van der Waals surface area contributed by atoms with Gasteiger partial charge in [0, 0.05) is 13.1 Å². The van der Waals surface area contributed by atoms with Crippen molar-refractivity contribution in [1.29, 1.82) is 0 Å². The number of imide groups is 1. The molecule has 2 heterocycles. The standard InChI is InChI=1S/C13H22N3O5S/c1-9-6-16(8-13(2,3)21-9)22(19,20)10-7-14(4)12(18)15(5)11(10)17/h7,9-10H,6,8H2,1-5H3/q+1. The second-order valence-corrected chi connectivity index (χ2v) is 8.44. The van der Waals surface area contributed by atoms with Crippen molar-refractivity contribution in [2.75, 3.05) is 27.2 Å². The summed E-state index contributed by atoms with van der Waals surface area (Å²) in [4.78, 5) is 24.8. The Morgan fingerprint density at radius 1 is 1.36 bits per heavy atom. The van der Waals surface area contributed by atoms with Gasteiger partial charge in [0.2, 0.25) is 15.3 Å². The Kier molecular flexibility index (Phi) is 4.18. The van der Waals surface area contributed by atoms with Gasteiger partial charge in [-0.15, -0.1) is 0 Å². The van der Waals surface area contributed by atoms with Gasteiger partial charge in [-0.05, 0) is 20.8 Å². The third-order valence-electron chi connectivity index (χ3n) is 3.74. The first-order chi connectivity index (χ1) is 9.95. The Bertz CT molecular complexity index is 640. The molecule has 0 N–H and O–H groups in total. The van der Waals surface area contributed by atoms with Gasteiger partial charge >= 0.3 is 11.9 Å². The number of ether oxygens (including phenoxy) is 1. The van der Waals surface area contributed by atoms with E-state index in [1.54, 1.807) is 20.8 Å². The molecule has 1 saturated heterocycles. The molecule has 3 amide bonds. The number of urea groups is 1. The van der Waals surface area contributed by atoms with Crippen molar-refractivity contribution < 1.29 is 27.3 Å². The summed E-state index contributed by atoms with van der Waals surface area (Å²) >= 11 is 0. The highest BCUT2D eigenvalue weighted by atomic mass is 32.2. The molecule has 2 atom stereocenters. The lowest BCUT2D eigenvalue weighted by molar-refractivity contribution is -0.399. The van der Waals surface area contributed by atoms with Crippen molar-refractivity contribution in [2.45, 2.75) is 37.7 Å². The van der Waals surface area contributed by atoms with Gasteiger partial charge in [-0.25, -0.2) is 17.8 Å². The van der Waals surface area contributed by atoms with Crippen LogP contribution in [0.15, 0.2) is 0 Å². The van der Waals surface area contributed by atoms with E-state index in [4.69, 9.17) is 4.74 Å². The minimum absolute atomic E-state index is 0.165. The molecule has 1 fully saturated rings. The number of sulfonamides is 1. The average molecular weight is 332 g/mol. The fraction of sp³-hybridized carbons (Fsp3) is 0.769. The summed E-state index contributed by atoms with van der Waals surface area (Å²) in [5.74, 6) is -0.736. The normalized spacial score (nSPS) is 30.4. The number of rotatable bonds is 2. The molecule has 2 aliphatic rings. The fourth-order valence-electron chi connectivity index (χ4n) is 2.81. The quantitative estimate of drug-likeness (QED) is 0.636. The van der Waals surface area contributed by atoms with Crippen LogP contribution in [0.1, 0.15) is 20.8 Å². The van der Waals surface area contributed by atoms with Gasteiger partial charge < -0.3 is 4.74 Å². The van der Waals surface area contributed by atoms with Crippen LogP contribution in [-0.2, 0) is 19.6 Å². The molecule has 0 radical (unpaired) electrons. The van der Waals surface area contributed by atoms with E-state index in [1.165, 1.54) is 18.4 Å². The molecule has 0 saturated carbocycles. The molecular weight excluding hydrogens is 310 g/mol. The van der Waals surface area contributed by atoms with Crippen molar-refractivity contribution in [2.24, 2.45) is 0 Å². The van der Waals surface area contributed by atoms with Gasteiger partial charge in [0.05, 0.1) is 25.8 Å². The van der Waals surface area contributed by atoms with Crippen LogP contribution < -0.4 is 0 Å². The SMILES string of the molecule is CC1CN(S(=O)(=O)C2C=[N+](C)C(=O)N(C)C2=O)CC(C)(C)O1. The van der Waals surface area contributed by atoms with E-state index in [1.807, 2.05) is 0 Å². The van der Waals surface area contributed by atoms with Crippen molar-refractivity contribution in [3.63, 3.8) is 0 Å². The predicted molar refractivity (Wildman–Crippen MR) is 79.3 cm³/mol. The van der Waals surface area contributed by atoms with Crippen LogP contribution in [0.3, 0.4) is 0 Å². The number of carbonyl (C=O) groups is 2. The highest BCUT2D eigenvalue weighted by Crippen LogP contribution is 2.25. The largest absolute Gasteiger partial charge is 0.500 e. The minimum atomic E-state index is -3.91. The van der Waals surface area contributed by atoms with E-state index in [0.717, 1.165) is 15.7 Å². The van der Waals surface area contributed by atoms with E-state index >= 15 is 0 Å². The molecule has 0 bridgehead atoms. The molecule has 0 aromatic carbocycles. The molecule has 22 heavy (non-hydrogen) atoms. The maximum Gasteiger partial charge on any atom is 0.500 e. The lowest BCUT2D eigenvalue weighted by Gasteiger charge is -2.41. The second kappa shape index (κ2) is 5.39. The van der Waals surface area contributed by atoms with Gasteiger partial charge in [0.1, 0.15) is 6.21 Å². The first kappa shape index (κ1) is 17.0. The summed E-state index contributed by atoms with van der Waals surface area (Å²) in [5, 5.41) is -1.39. The van der Waals surface area contributed by atoms with Crippen LogP contribution >= 0.6 is 0 Å². The topological polar surface area (TPSA) is 87.0 Å². The summed E-state index contributed by atoms with van der Waals surface area (Å²) < 4.78 is 33.8. The Balaban J connectivity index is 2.38. The third-order valence-corrected chi connectivity index (χ3v) is 5.70. The van der Waals surface area contributed by atoms with Crippen molar-refractivity contribution in [1.82, 2.24) is 9.21 Å². The smallest absolute Gasteiger partial charge is 0.370 e. The molecule has 8 nitrogen and oxygen atoms in total. The summed E-state index contributed by atoms with van der Waals surface area (Å²) in [5.41, 5.74) is -0.629. The van der Waals surface area contributed by atoms with Gasteiger partial charge in [-0.2, -0.15) is 14.0 Å². The summed E-state index contributed by atoms with van der Waals surface area (Å²) in [6, 6.07) is -0.549. The van der Waals surface area contributed by atoms with Gasteiger partial charge in [0.25, 0.3) is 0 Å². The lowest BCUT2D eigenvalue weighted by atomic mass is 10.1. The van der Waals surface area contributed by atoms with E-state index < -0.39 is 32.8 Å². The number of hydrogen-bond donors (Lipinski definition) is 0. The lowest BCUT2D eigenvalue weighted by Crippen LogP contribution is -2.60. The van der Waals surface area contributed by atoms with E-state index in [0.29, 0.717) is 0 Å². The van der Waals surface area contributed by atoms with Gasteiger partial charge in [-0.1, -0.05) is 0 Å². The van der Waals surface area contributed by atoms with Crippen molar-refractivity contribution >= 4 is 28.2 Å². The predicted octanol–water partition coefficient (Wildman–Crippen LogP) is -0.511. The fourth-order valence-corrected chi connectivity index (χ4v) is 4.79. The highest BCUT2D eigenvalue weighted by molar-refractivity contribution is 7.91. The first-order valence-electron chi connectivity index (χ1n) is 7.02. The van der Waals surface area contributed by atoms with Crippen LogP contribution in [0.5, 0.6) is 0 Å². The van der Waals surface area contributed by atoms with Crippen LogP contribution in [0.4, 0.5) is 4.79 Å². The maximum absolute atomic E-state index is 12.8. The number of morpholine rings is 1. The Labute approximate surface area is 130 Å². The number of carbonyl (C=O) groups excluding carboxylic acids is 2. The molecule has 2 aliphatic heterocycles. The van der Waals surface area contributed by atoms with Crippen LogP contribution in [-0.4, -0.2) is 84.5 Å². The summed E-state index contributed by atoms with van der Waals surface area (Å²) in [7, 11) is -1.20. The molecule has 0 aliphatic carbocycles. The van der Waals surface area contributed by atoms with E-state index in [9.17, 15) is 18.0 Å². The zero-order valence-corrected chi connectivity index (χ0v) is 14.3. The molecule has 0 spiro atoms. The first-order valence-corrected chi connectivity index (χ1v) is 8.52. The van der Waals surface area contributed by atoms with Crippen LogP contribution in [0, 0.1) is 0 Å². The maximum atomic E-state index is 12.8. The Hall–Kier alpha value is -1.32. The number of amides is 3. The minimum Gasteiger partial charge on any atom is -0.370 e. The zero-order chi connectivity index (χ0) is 16.9. The van der Waals surface area contributed by atoms with Crippen molar-refractivity contribution in [3.8, 4) is 0 Å². The molecule has 2 rings (SSSR count). The summed E-state index contributed by atoms with van der Waals surface area (Å²) in [6.07, 6.45) is 0.891. The third kappa shape index (κ3) is 2.92. The highest BCUT2D eigenvalue weighted by Gasteiger charge is 2.50. The zero-order valence-electron chi connectivity index (χ0n) is 13.4. The second-order valence-electron chi connectivity index (χ2n) is 6.39. The van der Waals surface area contributed by atoms with E-state index in [-0.39, 0.29) is 19.2 Å². The molecule has 0 aromatic heterocycles. The average Bonchev–Trinajstić information content (AvgIpc) is 2.38. The number of hydrogen-bond acceptors (Lipinski definition) is 5. The van der Waals surface area contributed by atoms with Gasteiger partial charge in [0.15, 0.2) is 0 Å². The van der Waals surface area contributed by atoms with Crippen LogP contribution in [0.2, 0.25) is 0 Å². The van der Waals surface area contributed by atoms with Crippen LogP contribution in [0.25, 0.3) is 0 Å².